The van der Waals surface area contributed by atoms with Crippen LogP contribution in [0.3, 0.4) is 0 Å². The summed E-state index contributed by atoms with van der Waals surface area (Å²) in [5.41, 5.74) is 0.456. The first-order chi connectivity index (χ1) is 13.8. The molecule has 154 valence electrons. The molecule has 1 heterocycles. The van der Waals surface area contributed by atoms with Crippen LogP contribution in [0.2, 0.25) is 0 Å². The Kier molecular flexibility index (Phi) is 6.29. The van der Waals surface area contributed by atoms with Crippen LogP contribution >= 0.6 is 0 Å². The number of ether oxygens (including phenoxy) is 3. The van der Waals surface area contributed by atoms with Gasteiger partial charge in [0.15, 0.2) is 11.5 Å². The molecule has 2 aromatic carbocycles. The SMILES string of the molecule is O=C(CNS(=O)(=O)c1ccc2c(c1)OCCCO2)OCc1ccc([N+](=O)[O-])cc1. The Bertz CT molecular complexity index is 1010. The highest BCUT2D eigenvalue weighted by Gasteiger charge is 2.20. The van der Waals surface area contributed by atoms with Crippen molar-refractivity contribution >= 4 is 21.7 Å². The summed E-state index contributed by atoms with van der Waals surface area (Å²) in [6.45, 7) is 0.198. The number of esters is 1. The predicted molar refractivity (Wildman–Crippen MR) is 100 cm³/mol. The summed E-state index contributed by atoms with van der Waals surface area (Å²) in [7, 11) is -3.96. The topological polar surface area (TPSA) is 134 Å². The summed E-state index contributed by atoms with van der Waals surface area (Å²) in [5, 5.41) is 10.6. The molecule has 0 radical (unpaired) electrons. The van der Waals surface area contributed by atoms with Crippen LogP contribution in [-0.2, 0) is 26.2 Å². The van der Waals surface area contributed by atoms with Crippen molar-refractivity contribution in [2.24, 2.45) is 0 Å². The third-order valence-electron chi connectivity index (χ3n) is 3.98. The molecule has 0 saturated carbocycles. The highest BCUT2D eigenvalue weighted by atomic mass is 32.2. The number of non-ortho nitro benzene ring substituents is 1. The highest BCUT2D eigenvalue weighted by Crippen LogP contribution is 2.31. The van der Waals surface area contributed by atoms with E-state index in [1.807, 2.05) is 0 Å². The number of nitrogens with zero attached hydrogens (tertiary/aromatic N) is 1. The lowest BCUT2D eigenvalue weighted by atomic mass is 10.2. The molecule has 10 nitrogen and oxygen atoms in total. The van der Waals surface area contributed by atoms with Crippen LogP contribution in [0.25, 0.3) is 0 Å². The van der Waals surface area contributed by atoms with Crippen LogP contribution < -0.4 is 14.2 Å². The number of sulfonamides is 1. The molecule has 0 spiro atoms. The molecule has 0 saturated heterocycles. The van der Waals surface area contributed by atoms with Crippen molar-refractivity contribution in [2.75, 3.05) is 19.8 Å². The van der Waals surface area contributed by atoms with Gasteiger partial charge in [-0.1, -0.05) is 0 Å². The van der Waals surface area contributed by atoms with E-state index in [1.165, 1.54) is 42.5 Å². The van der Waals surface area contributed by atoms with E-state index in [4.69, 9.17) is 14.2 Å². The van der Waals surface area contributed by atoms with Crippen LogP contribution in [0, 0.1) is 10.1 Å². The van der Waals surface area contributed by atoms with Crippen molar-refractivity contribution in [3.63, 3.8) is 0 Å². The molecular weight excluding hydrogens is 404 g/mol. The van der Waals surface area contributed by atoms with E-state index >= 15 is 0 Å². The predicted octanol–water partition coefficient (Wildman–Crippen LogP) is 1.78. The maximum Gasteiger partial charge on any atom is 0.321 e. The second-order valence-corrected chi connectivity index (χ2v) is 7.83. The molecule has 1 aliphatic rings. The number of benzene rings is 2. The molecule has 2 aromatic rings. The van der Waals surface area contributed by atoms with Gasteiger partial charge in [0.05, 0.1) is 23.0 Å². The Hall–Kier alpha value is -3.18. The molecule has 0 aliphatic carbocycles. The van der Waals surface area contributed by atoms with Gasteiger partial charge in [-0.3, -0.25) is 14.9 Å². The summed E-state index contributed by atoms with van der Waals surface area (Å²) in [5.74, 6) is -0.00338. The monoisotopic (exact) mass is 422 g/mol. The van der Waals surface area contributed by atoms with Gasteiger partial charge in [0.2, 0.25) is 10.0 Å². The highest BCUT2D eigenvalue weighted by molar-refractivity contribution is 7.89. The third-order valence-corrected chi connectivity index (χ3v) is 5.38. The number of nitro benzene ring substituents is 1. The molecule has 1 aliphatic heterocycles. The standard InChI is InChI=1S/C18H18N2O8S/c21-18(28-12-13-2-4-14(5-3-13)20(22)23)11-19-29(24,25)15-6-7-16-17(10-15)27-9-1-8-26-16/h2-7,10,19H,1,8-9,11-12H2. The zero-order valence-electron chi connectivity index (χ0n) is 15.2. The fourth-order valence-corrected chi connectivity index (χ4v) is 3.46. The smallest absolute Gasteiger partial charge is 0.321 e. The second kappa shape index (κ2) is 8.88. The Morgan fingerprint density at radius 3 is 2.48 bits per heavy atom. The molecular formula is C18H18N2O8S. The van der Waals surface area contributed by atoms with Gasteiger partial charge in [-0.25, -0.2) is 8.42 Å². The number of carbonyl (C=O) groups is 1. The quantitative estimate of drug-likeness (QED) is 0.405. The van der Waals surface area contributed by atoms with E-state index in [0.717, 1.165) is 0 Å². The molecule has 0 unspecified atom stereocenters. The van der Waals surface area contributed by atoms with Crippen molar-refractivity contribution in [3.8, 4) is 11.5 Å². The summed E-state index contributed by atoms with van der Waals surface area (Å²) < 4.78 is 42.9. The fourth-order valence-electron chi connectivity index (χ4n) is 2.48. The Balaban J connectivity index is 1.55. The van der Waals surface area contributed by atoms with Gasteiger partial charge in [-0.15, -0.1) is 0 Å². The lowest BCUT2D eigenvalue weighted by Crippen LogP contribution is -2.30. The number of nitrogens with one attached hydrogen (secondary N) is 1. The van der Waals surface area contributed by atoms with E-state index in [9.17, 15) is 23.3 Å². The first kappa shape index (κ1) is 20.6. The average molecular weight is 422 g/mol. The minimum absolute atomic E-state index is 0.0649. The van der Waals surface area contributed by atoms with Crippen LogP contribution in [-0.4, -0.2) is 39.1 Å². The number of carbonyl (C=O) groups excluding carboxylic acids is 1. The molecule has 29 heavy (non-hydrogen) atoms. The largest absolute Gasteiger partial charge is 0.490 e. The molecule has 0 aromatic heterocycles. The molecule has 0 fully saturated rings. The summed E-state index contributed by atoms with van der Waals surface area (Å²) >= 11 is 0. The number of hydrogen-bond donors (Lipinski definition) is 1. The number of rotatable bonds is 7. The van der Waals surface area contributed by atoms with E-state index in [1.54, 1.807) is 0 Å². The number of hydrogen-bond acceptors (Lipinski definition) is 8. The number of fused-ring (bicyclic) bond motifs is 1. The minimum atomic E-state index is -3.96. The molecule has 11 heteroatoms. The maximum atomic E-state index is 12.4. The van der Waals surface area contributed by atoms with E-state index in [0.29, 0.717) is 36.7 Å². The zero-order valence-corrected chi connectivity index (χ0v) is 16.0. The Morgan fingerprint density at radius 2 is 1.79 bits per heavy atom. The van der Waals surface area contributed by atoms with Crippen molar-refractivity contribution in [3.05, 3.63) is 58.1 Å². The van der Waals surface area contributed by atoms with Crippen LogP contribution in [0.1, 0.15) is 12.0 Å². The van der Waals surface area contributed by atoms with Gasteiger partial charge in [0.25, 0.3) is 5.69 Å². The van der Waals surface area contributed by atoms with Crippen molar-refractivity contribution < 1.29 is 32.3 Å². The Labute approximate surface area is 166 Å². The van der Waals surface area contributed by atoms with Crippen molar-refractivity contribution in [1.82, 2.24) is 4.72 Å². The molecule has 0 bridgehead atoms. The van der Waals surface area contributed by atoms with Crippen molar-refractivity contribution in [2.45, 2.75) is 17.9 Å². The second-order valence-electron chi connectivity index (χ2n) is 6.07. The van der Waals surface area contributed by atoms with Crippen LogP contribution in [0.4, 0.5) is 5.69 Å². The molecule has 0 amide bonds. The minimum Gasteiger partial charge on any atom is -0.490 e. The van der Waals surface area contributed by atoms with Gasteiger partial charge in [0, 0.05) is 24.6 Å². The van der Waals surface area contributed by atoms with Gasteiger partial charge in [-0.2, -0.15) is 4.72 Å². The Morgan fingerprint density at radius 1 is 1.10 bits per heavy atom. The summed E-state index contributed by atoms with van der Waals surface area (Å²) in [6.07, 6.45) is 0.690. The zero-order chi connectivity index (χ0) is 20.9. The average Bonchev–Trinajstić information content (AvgIpc) is 2.96. The third kappa shape index (κ3) is 5.42. The van der Waals surface area contributed by atoms with Crippen LogP contribution in [0.15, 0.2) is 47.4 Å². The lowest BCUT2D eigenvalue weighted by Gasteiger charge is -2.11. The van der Waals surface area contributed by atoms with Gasteiger partial charge < -0.3 is 14.2 Å². The lowest BCUT2D eigenvalue weighted by molar-refractivity contribution is -0.384. The normalized spacial score (nSPS) is 13.4. The van der Waals surface area contributed by atoms with E-state index in [-0.39, 0.29) is 17.2 Å². The van der Waals surface area contributed by atoms with Crippen molar-refractivity contribution in [1.29, 1.82) is 0 Å². The van der Waals surface area contributed by atoms with Crippen LogP contribution in [0.5, 0.6) is 11.5 Å². The first-order valence-corrected chi connectivity index (χ1v) is 10.1. The molecule has 1 N–H and O–H groups in total. The van der Waals surface area contributed by atoms with Gasteiger partial charge in [-0.05, 0) is 29.8 Å². The first-order valence-electron chi connectivity index (χ1n) is 8.63. The van der Waals surface area contributed by atoms with E-state index in [2.05, 4.69) is 4.72 Å². The summed E-state index contributed by atoms with van der Waals surface area (Å²) in [6, 6.07) is 9.68. The maximum absolute atomic E-state index is 12.4. The number of nitro groups is 1. The van der Waals surface area contributed by atoms with Gasteiger partial charge in [0.1, 0.15) is 13.2 Å². The van der Waals surface area contributed by atoms with E-state index < -0.39 is 27.5 Å². The molecule has 3 rings (SSSR count). The summed E-state index contributed by atoms with van der Waals surface area (Å²) in [4.78, 5) is 21.9. The van der Waals surface area contributed by atoms with Gasteiger partial charge >= 0.3 is 5.97 Å². The fraction of sp³-hybridized carbons (Fsp3) is 0.278. The molecule has 0 atom stereocenters.